The van der Waals surface area contributed by atoms with Gasteiger partial charge in [-0.25, -0.2) is 0 Å². The lowest BCUT2D eigenvalue weighted by atomic mass is 10.0. The standard InChI is InChI=1S/C14H16N2O3/c1-9(2)11(8-15)16-14(17)10-4-3-5-12-13(10)19-7-6-18-12/h3-5,9,11H,6-7H2,1-2H3,(H,16,17). The molecule has 0 fully saturated rings. The first-order valence-corrected chi connectivity index (χ1v) is 6.22. The van der Waals surface area contributed by atoms with E-state index in [2.05, 4.69) is 11.4 Å². The predicted octanol–water partition coefficient (Wildman–Crippen LogP) is 1.74. The van der Waals surface area contributed by atoms with Crippen molar-refractivity contribution in [3.8, 4) is 17.6 Å². The van der Waals surface area contributed by atoms with Gasteiger partial charge >= 0.3 is 0 Å². The summed E-state index contributed by atoms with van der Waals surface area (Å²) in [7, 11) is 0. The molecule has 100 valence electrons. The third-order valence-corrected chi connectivity index (χ3v) is 2.90. The molecule has 1 unspecified atom stereocenters. The summed E-state index contributed by atoms with van der Waals surface area (Å²) in [6.45, 7) is 4.66. The average Bonchev–Trinajstić information content (AvgIpc) is 2.43. The van der Waals surface area contributed by atoms with Crippen LogP contribution in [0, 0.1) is 17.2 Å². The minimum atomic E-state index is -0.520. The van der Waals surface area contributed by atoms with Crippen LogP contribution < -0.4 is 14.8 Å². The molecule has 1 aliphatic heterocycles. The summed E-state index contributed by atoms with van der Waals surface area (Å²) in [6.07, 6.45) is 0. The molecule has 2 rings (SSSR count). The average molecular weight is 260 g/mol. The van der Waals surface area contributed by atoms with Gasteiger partial charge in [0.2, 0.25) is 0 Å². The van der Waals surface area contributed by atoms with Crippen LogP contribution in [0.15, 0.2) is 18.2 Å². The van der Waals surface area contributed by atoms with Gasteiger partial charge in [0.1, 0.15) is 19.3 Å². The fourth-order valence-electron chi connectivity index (χ4n) is 1.82. The smallest absolute Gasteiger partial charge is 0.256 e. The molecule has 1 aromatic rings. The molecule has 0 saturated carbocycles. The van der Waals surface area contributed by atoms with Gasteiger partial charge in [-0.3, -0.25) is 4.79 Å². The minimum Gasteiger partial charge on any atom is -0.486 e. The van der Waals surface area contributed by atoms with Crippen LogP contribution >= 0.6 is 0 Å². The Bertz CT molecular complexity index is 520. The van der Waals surface area contributed by atoms with E-state index >= 15 is 0 Å². The maximum Gasteiger partial charge on any atom is 0.256 e. The third-order valence-electron chi connectivity index (χ3n) is 2.90. The van der Waals surface area contributed by atoms with E-state index in [4.69, 9.17) is 14.7 Å². The summed E-state index contributed by atoms with van der Waals surface area (Å²) < 4.78 is 10.9. The van der Waals surface area contributed by atoms with Crippen molar-refractivity contribution in [1.82, 2.24) is 5.32 Å². The van der Waals surface area contributed by atoms with E-state index in [1.807, 2.05) is 13.8 Å². The molecule has 0 aliphatic carbocycles. The Morgan fingerprint density at radius 2 is 2.11 bits per heavy atom. The zero-order chi connectivity index (χ0) is 13.8. The van der Waals surface area contributed by atoms with Gasteiger partial charge < -0.3 is 14.8 Å². The predicted molar refractivity (Wildman–Crippen MR) is 69.1 cm³/mol. The number of hydrogen-bond donors (Lipinski definition) is 1. The van der Waals surface area contributed by atoms with Gasteiger partial charge in [-0.15, -0.1) is 0 Å². The van der Waals surface area contributed by atoms with Crippen LogP contribution in [0.2, 0.25) is 0 Å². The number of hydrogen-bond acceptors (Lipinski definition) is 4. The van der Waals surface area contributed by atoms with Gasteiger partial charge in [-0.1, -0.05) is 19.9 Å². The molecule has 5 nitrogen and oxygen atoms in total. The lowest BCUT2D eigenvalue weighted by Crippen LogP contribution is -2.37. The highest BCUT2D eigenvalue weighted by Gasteiger charge is 2.23. The summed E-state index contributed by atoms with van der Waals surface area (Å²) in [5.74, 6) is 0.747. The van der Waals surface area contributed by atoms with Crippen molar-refractivity contribution in [2.24, 2.45) is 5.92 Å². The van der Waals surface area contributed by atoms with Crippen molar-refractivity contribution in [3.05, 3.63) is 23.8 Å². The lowest BCUT2D eigenvalue weighted by molar-refractivity contribution is 0.0926. The Hall–Kier alpha value is -2.22. The molecule has 1 heterocycles. The molecular weight excluding hydrogens is 244 g/mol. The van der Waals surface area contributed by atoms with Gasteiger partial charge in [0.25, 0.3) is 5.91 Å². The van der Waals surface area contributed by atoms with E-state index < -0.39 is 6.04 Å². The van der Waals surface area contributed by atoms with Crippen molar-refractivity contribution in [3.63, 3.8) is 0 Å². The van der Waals surface area contributed by atoms with Crippen molar-refractivity contribution in [2.45, 2.75) is 19.9 Å². The molecule has 19 heavy (non-hydrogen) atoms. The number of nitrogens with zero attached hydrogens (tertiary/aromatic N) is 1. The van der Waals surface area contributed by atoms with E-state index in [-0.39, 0.29) is 11.8 Å². The second-order valence-electron chi connectivity index (χ2n) is 4.65. The van der Waals surface area contributed by atoms with Crippen molar-refractivity contribution in [2.75, 3.05) is 13.2 Å². The molecule has 0 bridgehead atoms. The number of para-hydroxylation sites is 1. The Morgan fingerprint density at radius 3 is 2.79 bits per heavy atom. The van der Waals surface area contributed by atoms with Crippen LogP contribution in [-0.4, -0.2) is 25.2 Å². The van der Waals surface area contributed by atoms with Gasteiger partial charge in [-0.05, 0) is 18.1 Å². The number of benzene rings is 1. The normalized spacial score (nSPS) is 14.6. The van der Waals surface area contributed by atoms with Crippen LogP contribution in [0.3, 0.4) is 0 Å². The summed E-state index contributed by atoms with van der Waals surface area (Å²) in [5.41, 5.74) is 0.401. The van der Waals surface area contributed by atoms with Crippen LogP contribution in [0.1, 0.15) is 24.2 Å². The van der Waals surface area contributed by atoms with E-state index in [0.29, 0.717) is 30.3 Å². The maximum absolute atomic E-state index is 12.2. The molecule has 0 saturated heterocycles. The number of rotatable bonds is 3. The first-order valence-electron chi connectivity index (χ1n) is 6.22. The number of amides is 1. The van der Waals surface area contributed by atoms with Crippen LogP contribution in [0.5, 0.6) is 11.5 Å². The second-order valence-corrected chi connectivity index (χ2v) is 4.65. The molecule has 5 heteroatoms. The first kappa shape index (κ1) is 13.2. The van der Waals surface area contributed by atoms with Gasteiger partial charge in [0.15, 0.2) is 11.5 Å². The molecule has 1 aliphatic rings. The summed E-state index contributed by atoms with van der Waals surface area (Å²) in [6, 6.07) is 6.72. The van der Waals surface area contributed by atoms with Gasteiger partial charge in [0, 0.05) is 0 Å². The van der Waals surface area contributed by atoms with Gasteiger partial charge in [-0.2, -0.15) is 5.26 Å². The number of ether oxygens (including phenoxy) is 2. The van der Waals surface area contributed by atoms with Crippen molar-refractivity contribution in [1.29, 1.82) is 5.26 Å². The summed E-state index contributed by atoms with van der Waals surface area (Å²) in [5, 5.41) is 11.7. The molecule has 1 N–H and O–H groups in total. The van der Waals surface area contributed by atoms with Crippen molar-refractivity contribution < 1.29 is 14.3 Å². The van der Waals surface area contributed by atoms with E-state index in [0.717, 1.165) is 0 Å². The van der Waals surface area contributed by atoms with Gasteiger partial charge in [0.05, 0.1) is 11.6 Å². The molecule has 1 aromatic carbocycles. The number of fused-ring (bicyclic) bond motifs is 1. The van der Waals surface area contributed by atoms with Crippen LogP contribution in [-0.2, 0) is 0 Å². The Balaban J connectivity index is 2.23. The highest BCUT2D eigenvalue weighted by atomic mass is 16.6. The van der Waals surface area contributed by atoms with E-state index in [9.17, 15) is 4.79 Å². The SMILES string of the molecule is CC(C)C(C#N)NC(=O)c1cccc2c1OCCO2. The number of nitriles is 1. The highest BCUT2D eigenvalue weighted by molar-refractivity contribution is 5.98. The Labute approximate surface area is 112 Å². The topological polar surface area (TPSA) is 71.4 Å². The molecule has 1 amide bonds. The number of carbonyl (C=O) groups is 1. The lowest BCUT2D eigenvalue weighted by Gasteiger charge is -2.21. The fraction of sp³-hybridized carbons (Fsp3) is 0.429. The number of nitrogens with one attached hydrogen (secondary N) is 1. The highest BCUT2D eigenvalue weighted by Crippen LogP contribution is 2.33. The molecule has 0 spiro atoms. The summed E-state index contributed by atoms with van der Waals surface area (Å²) >= 11 is 0. The zero-order valence-corrected chi connectivity index (χ0v) is 11.0. The minimum absolute atomic E-state index is 0.0469. The fourth-order valence-corrected chi connectivity index (χ4v) is 1.82. The molecular formula is C14H16N2O3. The second kappa shape index (κ2) is 5.61. The molecule has 1 atom stereocenters. The Kier molecular flexibility index (Phi) is 3.91. The number of carbonyl (C=O) groups excluding carboxylic acids is 1. The van der Waals surface area contributed by atoms with E-state index in [1.165, 1.54) is 0 Å². The molecule has 0 aromatic heterocycles. The van der Waals surface area contributed by atoms with Crippen molar-refractivity contribution >= 4 is 5.91 Å². The quantitative estimate of drug-likeness (QED) is 0.898. The largest absolute Gasteiger partial charge is 0.486 e. The zero-order valence-electron chi connectivity index (χ0n) is 11.0. The first-order chi connectivity index (χ1) is 9.13. The maximum atomic E-state index is 12.2. The monoisotopic (exact) mass is 260 g/mol. The van der Waals surface area contributed by atoms with Crippen LogP contribution in [0.4, 0.5) is 0 Å². The van der Waals surface area contributed by atoms with Crippen LogP contribution in [0.25, 0.3) is 0 Å². The van der Waals surface area contributed by atoms with E-state index in [1.54, 1.807) is 18.2 Å². The molecule has 0 radical (unpaired) electrons. The summed E-state index contributed by atoms with van der Waals surface area (Å²) in [4.78, 5) is 12.2. The Morgan fingerprint density at radius 1 is 1.37 bits per heavy atom. The third kappa shape index (κ3) is 2.79.